The Hall–Kier alpha value is -2.67. The van der Waals surface area contributed by atoms with Crippen molar-refractivity contribution >= 4 is 45.3 Å². The van der Waals surface area contributed by atoms with Crippen LogP contribution in [0.5, 0.6) is 0 Å². The zero-order chi connectivity index (χ0) is 18.1. The molecule has 1 amide bonds. The first kappa shape index (κ1) is 16.8. The SMILES string of the molecule is Cc1ccc(C(=O)Nc2ccc3oc(-c4cccc(I)c4)nc3c2)cc1. The molecule has 0 spiro atoms. The molecule has 0 aliphatic rings. The minimum Gasteiger partial charge on any atom is -0.436 e. The third-order valence-corrected chi connectivity index (χ3v) is 4.70. The first-order valence-corrected chi connectivity index (χ1v) is 9.21. The third kappa shape index (κ3) is 3.48. The lowest BCUT2D eigenvalue weighted by Crippen LogP contribution is -2.11. The average Bonchev–Trinajstić information content (AvgIpc) is 3.05. The summed E-state index contributed by atoms with van der Waals surface area (Å²) in [7, 11) is 0. The van der Waals surface area contributed by atoms with Gasteiger partial charge in [-0.1, -0.05) is 23.8 Å². The molecule has 0 saturated heterocycles. The molecule has 0 bridgehead atoms. The van der Waals surface area contributed by atoms with E-state index in [1.807, 2.05) is 73.7 Å². The average molecular weight is 454 g/mol. The molecular weight excluding hydrogens is 439 g/mol. The first-order valence-electron chi connectivity index (χ1n) is 8.13. The zero-order valence-corrected chi connectivity index (χ0v) is 16.2. The van der Waals surface area contributed by atoms with Crippen molar-refractivity contribution < 1.29 is 9.21 Å². The van der Waals surface area contributed by atoms with Gasteiger partial charge in [0.25, 0.3) is 5.91 Å². The van der Waals surface area contributed by atoms with Crippen molar-refractivity contribution in [2.24, 2.45) is 0 Å². The summed E-state index contributed by atoms with van der Waals surface area (Å²) in [5.41, 5.74) is 4.75. The Morgan fingerprint density at radius 1 is 1.04 bits per heavy atom. The van der Waals surface area contributed by atoms with Crippen LogP contribution in [0, 0.1) is 10.5 Å². The highest BCUT2D eigenvalue weighted by Crippen LogP contribution is 2.27. The van der Waals surface area contributed by atoms with Gasteiger partial charge in [-0.05, 0) is 78.0 Å². The Morgan fingerprint density at radius 2 is 1.85 bits per heavy atom. The number of anilines is 1. The quantitative estimate of drug-likeness (QED) is 0.407. The van der Waals surface area contributed by atoms with Crippen LogP contribution < -0.4 is 5.32 Å². The fraction of sp³-hybridized carbons (Fsp3) is 0.0476. The Kier molecular flexibility index (Phi) is 4.46. The highest BCUT2D eigenvalue weighted by molar-refractivity contribution is 14.1. The molecule has 0 aliphatic carbocycles. The summed E-state index contributed by atoms with van der Waals surface area (Å²) in [5.74, 6) is 0.422. The van der Waals surface area contributed by atoms with E-state index in [-0.39, 0.29) is 5.91 Å². The third-order valence-electron chi connectivity index (χ3n) is 4.03. The standard InChI is InChI=1S/C21H15IN2O2/c1-13-5-7-14(8-6-13)20(25)23-17-9-10-19-18(12-17)24-21(26-19)15-3-2-4-16(22)11-15/h2-12H,1H3,(H,23,25). The molecular formula is C21H15IN2O2. The van der Waals surface area contributed by atoms with Gasteiger partial charge in [-0.3, -0.25) is 4.79 Å². The number of hydrogen-bond acceptors (Lipinski definition) is 3. The molecule has 26 heavy (non-hydrogen) atoms. The summed E-state index contributed by atoms with van der Waals surface area (Å²) in [6.07, 6.45) is 0. The lowest BCUT2D eigenvalue weighted by Gasteiger charge is -2.05. The topological polar surface area (TPSA) is 55.1 Å². The number of nitrogens with one attached hydrogen (secondary N) is 1. The van der Waals surface area contributed by atoms with E-state index < -0.39 is 0 Å². The number of amides is 1. The predicted octanol–water partition coefficient (Wildman–Crippen LogP) is 5.66. The number of carbonyl (C=O) groups is 1. The number of oxazole rings is 1. The molecule has 0 atom stereocenters. The van der Waals surface area contributed by atoms with E-state index in [2.05, 4.69) is 32.9 Å². The van der Waals surface area contributed by atoms with Gasteiger partial charge in [0.15, 0.2) is 5.58 Å². The highest BCUT2D eigenvalue weighted by Gasteiger charge is 2.11. The van der Waals surface area contributed by atoms with Gasteiger partial charge in [-0.2, -0.15) is 0 Å². The summed E-state index contributed by atoms with van der Waals surface area (Å²) in [6, 6.07) is 20.9. The number of rotatable bonds is 3. The summed E-state index contributed by atoms with van der Waals surface area (Å²) >= 11 is 2.26. The van der Waals surface area contributed by atoms with Gasteiger partial charge in [-0.25, -0.2) is 4.98 Å². The van der Waals surface area contributed by atoms with Gasteiger partial charge in [0.2, 0.25) is 5.89 Å². The summed E-state index contributed by atoms with van der Waals surface area (Å²) in [6.45, 7) is 1.99. The van der Waals surface area contributed by atoms with Gasteiger partial charge in [0.05, 0.1) is 0 Å². The van der Waals surface area contributed by atoms with Crippen molar-refractivity contribution in [3.8, 4) is 11.5 Å². The molecule has 3 aromatic carbocycles. The molecule has 1 aromatic heterocycles. The fourth-order valence-electron chi connectivity index (χ4n) is 2.66. The molecule has 4 nitrogen and oxygen atoms in total. The van der Waals surface area contributed by atoms with E-state index in [4.69, 9.17) is 4.42 Å². The smallest absolute Gasteiger partial charge is 0.255 e. The Balaban J connectivity index is 1.61. The maximum Gasteiger partial charge on any atom is 0.255 e. The van der Waals surface area contributed by atoms with E-state index in [0.29, 0.717) is 28.2 Å². The molecule has 1 N–H and O–H groups in total. The molecule has 0 saturated carbocycles. The van der Waals surface area contributed by atoms with Crippen molar-refractivity contribution in [3.63, 3.8) is 0 Å². The van der Waals surface area contributed by atoms with Gasteiger partial charge in [-0.15, -0.1) is 0 Å². The van der Waals surface area contributed by atoms with E-state index in [9.17, 15) is 4.79 Å². The molecule has 0 unspecified atom stereocenters. The van der Waals surface area contributed by atoms with Crippen LogP contribution in [0.4, 0.5) is 5.69 Å². The van der Waals surface area contributed by atoms with Crippen molar-refractivity contribution in [2.45, 2.75) is 6.92 Å². The summed E-state index contributed by atoms with van der Waals surface area (Å²) in [4.78, 5) is 16.9. The lowest BCUT2D eigenvalue weighted by molar-refractivity contribution is 0.102. The molecule has 0 radical (unpaired) electrons. The first-order chi connectivity index (χ1) is 12.6. The van der Waals surface area contributed by atoms with Gasteiger partial charge in [0.1, 0.15) is 5.52 Å². The fourth-order valence-corrected chi connectivity index (χ4v) is 3.20. The lowest BCUT2D eigenvalue weighted by atomic mass is 10.1. The van der Waals surface area contributed by atoms with Crippen LogP contribution in [0.1, 0.15) is 15.9 Å². The van der Waals surface area contributed by atoms with Gasteiger partial charge in [0, 0.05) is 20.4 Å². The van der Waals surface area contributed by atoms with Crippen LogP contribution >= 0.6 is 22.6 Å². The molecule has 4 aromatic rings. The number of aryl methyl sites for hydroxylation is 1. The molecule has 1 heterocycles. The van der Waals surface area contributed by atoms with Crippen LogP contribution in [0.15, 0.2) is 71.1 Å². The second kappa shape index (κ2) is 6.92. The number of nitrogens with zero attached hydrogens (tertiary/aromatic N) is 1. The largest absolute Gasteiger partial charge is 0.436 e. The van der Waals surface area contributed by atoms with Crippen molar-refractivity contribution in [1.29, 1.82) is 0 Å². The number of fused-ring (bicyclic) bond motifs is 1. The second-order valence-electron chi connectivity index (χ2n) is 6.03. The molecule has 0 fully saturated rings. The van der Waals surface area contributed by atoms with E-state index in [1.54, 1.807) is 0 Å². The van der Waals surface area contributed by atoms with E-state index in [0.717, 1.165) is 14.7 Å². The van der Waals surface area contributed by atoms with Crippen LogP contribution in [-0.4, -0.2) is 10.9 Å². The van der Waals surface area contributed by atoms with Crippen molar-refractivity contribution in [1.82, 2.24) is 4.98 Å². The minimum atomic E-state index is -0.148. The molecule has 5 heteroatoms. The number of benzene rings is 3. The maximum atomic E-state index is 12.4. The normalized spacial score (nSPS) is 10.8. The van der Waals surface area contributed by atoms with Gasteiger partial charge >= 0.3 is 0 Å². The minimum absolute atomic E-state index is 0.148. The zero-order valence-electron chi connectivity index (χ0n) is 14.0. The Labute approximate surface area is 164 Å². The number of carbonyl (C=O) groups excluding carboxylic acids is 1. The maximum absolute atomic E-state index is 12.4. The highest BCUT2D eigenvalue weighted by atomic mass is 127. The predicted molar refractivity (Wildman–Crippen MR) is 111 cm³/mol. The van der Waals surface area contributed by atoms with Crippen molar-refractivity contribution in [3.05, 3.63) is 81.4 Å². The Bertz CT molecular complexity index is 1100. The van der Waals surface area contributed by atoms with Crippen LogP contribution in [-0.2, 0) is 0 Å². The van der Waals surface area contributed by atoms with Crippen LogP contribution in [0.2, 0.25) is 0 Å². The molecule has 4 rings (SSSR count). The number of hydrogen-bond donors (Lipinski definition) is 1. The second-order valence-corrected chi connectivity index (χ2v) is 7.28. The summed E-state index contributed by atoms with van der Waals surface area (Å²) < 4.78 is 6.96. The van der Waals surface area contributed by atoms with E-state index >= 15 is 0 Å². The number of halogens is 1. The van der Waals surface area contributed by atoms with Crippen LogP contribution in [0.25, 0.3) is 22.6 Å². The molecule has 128 valence electrons. The van der Waals surface area contributed by atoms with Crippen LogP contribution in [0.3, 0.4) is 0 Å². The summed E-state index contributed by atoms with van der Waals surface area (Å²) in [5, 5.41) is 2.91. The van der Waals surface area contributed by atoms with E-state index in [1.165, 1.54) is 0 Å². The monoisotopic (exact) mass is 454 g/mol. The number of aromatic nitrogens is 1. The van der Waals surface area contributed by atoms with Gasteiger partial charge < -0.3 is 9.73 Å². The Morgan fingerprint density at radius 3 is 2.62 bits per heavy atom. The van der Waals surface area contributed by atoms with Crippen molar-refractivity contribution in [2.75, 3.05) is 5.32 Å². The molecule has 0 aliphatic heterocycles.